The van der Waals surface area contributed by atoms with Gasteiger partial charge in [-0.1, -0.05) is 6.07 Å². The van der Waals surface area contributed by atoms with Crippen LogP contribution in [0.1, 0.15) is 17.5 Å². The Bertz CT molecular complexity index is 436. The Labute approximate surface area is 96.0 Å². The Hall–Kier alpha value is -1.53. The molecule has 16 heavy (non-hydrogen) atoms. The molecule has 1 aliphatic rings. The van der Waals surface area contributed by atoms with Gasteiger partial charge in [-0.2, -0.15) is 5.26 Å². The fourth-order valence-corrected chi connectivity index (χ4v) is 2.26. The molecule has 1 aliphatic carbocycles. The zero-order valence-corrected chi connectivity index (χ0v) is 9.71. The molecule has 0 amide bonds. The number of nitriles is 1. The average molecular weight is 216 g/mol. The van der Waals surface area contributed by atoms with Gasteiger partial charge in [-0.3, -0.25) is 0 Å². The van der Waals surface area contributed by atoms with E-state index in [-0.39, 0.29) is 0 Å². The lowest BCUT2D eigenvalue weighted by Crippen LogP contribution is -2.46. The highest BCUT2D eigenvalue weighted by Crippen LogP contribution is 2.30. The summed E-state index contributed by atoms with van der Waals surface area (Å²) in [5.74, 6) is 0.864. The van der Waals surface area contributed by atoms with Gasteiger partial charge in [0.2, 0.25) is 0 Å². The van der Waals surface area contributed by atoms with Gasteiger partial charge in [0.15, 0.2) is 0 Å². The van der Waals surface area contributed by atoms with Crippen LogP contribution in [0.4, 0.5) is 0 Å². The standard InChI is InChI=1S/C13H16N2O/c1-15-13(9-14)6-5-10-3-4-12(16-2)7-11(10)8-13/h3-4,7,15H,5-6,8H2,1-2H3. The fourth-order valence-electron chi connectivity index (χ4n) is 2.26. The summed E-state index contributed by atoms with van der Waals surface area (Å²) >= 11 is 0. The molecule has 0 saturated carbocycles. The third-order valence-corrected chi connectivity index (χ3v) is 3.42. The third kappa shape index (κ3) is 1.77. The number of hydrogen-bond donors (Lipinski definition) is 1. The SMILES string of the molecule is CNC1(C#N)CCc2ccc(OC)cc2C1. The lowest BCUT2D eigenvalue weighted by atomic mass is 9.79. The molecule has 1 N–H and O–H groups in total. The monoisotopic (exact) mass is 216 g/mol. The van der Waals surface area contributed by atoms with Crippen LogP contribution in [-0.2, 0) is 12.8 Å². The number of ether oxygens (including phenoxy) is 1. The highest BCUT2D eigenvalue weighted by atomic mass is 16.5. The van der Waals surface area contributed by atoms with Gasteiger partial charge in [0, 0.05) is 6.42 Å². The van der Waals surface area contributed by atoms with Crippen LogP contribution in [-0.4, -0.2) is 19.7 Å². The van der Waals surface area contributed by atoms with Crippen LogP contribution in [0.25, 0.3) is 0 Å². The summed E-state index contributed by atoms with van der Waals surface area (Å²) in [7, 11) is 3.52. The van der Waals surface area contributed by atoms with E-state index in [9.17, 15) is 5.26 Å². The molecule has 0 aliphatic heterocycles. The maximum absolute atomic E-state index is 9.25. The van der Waals surface area contributed by atoms with Crippen molar-refractivity contribution in [3.8, 4) is 11.8 Å². The number of nitrogens with one attached hydrogen (secondary N) is 1. The first-order chi connectivity index (χ1) is 7.73. The van der Waals surface area contributed by atoms with Gasteiger partial charge in [-0.05, 0) is 43.1 Å². The molecule has 0 heterocycles. The fraction of sp³-hybridized carbons (Fsp3) is 0.462. The highest BCUT2D eigenvalue weighted by molar-refractivity contribution is 5.40. The molecule has 1 aromatic carbocycles. The van der Waals surface area contributed by atoms with Gasteiger partial charge in [0.1, 0.15) is 11.3 Å². The number of rotatable bonds is 2. The smallest absolute Gasteiger partial charge is 0.119 e. The number of hydrogen-bond acceptors (Lipinski definition) is 3. The number of nitrogens with zero attached hydrogens (tertiary/aromatic N) is 1. The number of methoxy groups -OCH3 is 1. The minimum absolute atomic E-state index is 0.403. The minimum atomic E-state index is -0.403. The van der Waals surface area contributed by atoms with Crippen molar-refractivity contribution in [2.45, 2.75) is 24.8 Å². The maximum atomic E-state index is 9.25. The van der Waals surface area contributed by atoms with Crippen LogP contribution in [0, 0.1) is 11.3 Å². The molecule has 3 nitrogen and oxygen atoms in total. The predicted molar refractivity (Wildman–Crippen MR) is 62.4 cm³/mol. The molecule has 1 aromatic rings. The molecule has 0 aromatic heterocycles. The Morgan fingerprint density at radius 1 is 1.44 bits per heavy atom. The average Bonchev–Trinajstić information content (AvgIpc) is 2.37. The van der Waals surface area contributed by atoms with E-state index >= 15 is 0 Å². The summed E-state index contributed by atoms with van der Waals surface area (Å²) in [6, 6.07) is 8.52. The third-order valence-electron chi connectivity index (χ3n) is 3.42. The van der Waals surface area contributed by atoms with E-state index in [0.29, 0.717) is 0 Å². The van der Waals surface area contributed by atoms with E-state index in [1.165, 1.54) is 11.1 Å². The van der Waals surface area contributed by atoms with Crippen molar-refractivity contribution >= 4 is 0 Å². The molecular formula is C13H16N2O. The van der Waals surface area contributed by atoms with Gasteiger partial charge >= 0.3 is 0 Å². The molecule has 3 heteroatoms. The zero-order chi connectivity index (χ0) is 11.6. The molecule has 0 radical (unpaired) electrons. The summed E-state index contributed by atoms with van der Waals surface area (Å²) in [5.41, 5.74) is 2.16. The van der Waals surface area contributed by atoms with E-state index in [2.05, 4.69) is 17.5 Å². The summed E-state index contributed by atoms with van der Waals surface area (Å²) in [4.78, 5) is 0. The molecule has 0 spiro atoms. The first-order valence-corrected chi connectivity index (χ1v) is 5.49. The summed E-state index contributed by atoms with van der Waals surface area (Å²) in [6.45, 7) is 0. The van der Waals surface area contributed by atoms with Gasteiger partial charge in [0.25, 0.3) is 0 Å². The molecule has 84 valence electrons. The zero-order valence-electron chi connectivity index (χ0n) is 9.71. The second-order valence-corrected chi connectivity index (χ2v) is 4.26. The van der Waals surface area contributed by atoms with Crippen LogP contribution in [0.5, 0.6) is 5.75 Å². The summed E-state index contributed by atoms with van der Waals surface area (Å²) in [5, 5.41) is 12.4. The highest BCUT2D eigenvalue weighted by Gasteiger charge is 2.32. The largest absolute Gasteiger partial charge is 0.497 e. The molecule has 0 saturated heterocycles. The molecule has 0 fully saturated rings. The Balaban J connectivity index is 2.35. The van der Waals surface area contributed by atoms with Crippen LogP contribution >= 0.6 is 0 Å². The van der Waals surface area contributed by atoms with Crippen molar-refractivity contribution in [1.29, 1.82) is 5.26 Å². The number of likely N-dealkylation sites (N-methyl/N-ethyl adjacent to an activating group) is 1. The molecular weight excluding hydrogens is 200 g/mol. The van der Waals surface area contributed by atoms with E-state index in [1.807, 2.05) is 19.2 Å². The van der Waals surface area contributed by atoms with Gasteiger partial charge in [0.05, 0.1) is 13.2 Å². The van der Waals surface area contributed by atoms with Crippen molar-refractivity contribution in [2.24, 2.45) is 0 Å². The molecule has 2 rings (SSSR count). The Kier molecular flexibility index (Phi) is 2.84. The van der Waals surface area contributed by atoms with Crippen LogP contribution in [0.3, 0.4) is 0 Å². The maximum Gasteiger partial charge on any atom is 0.119 e. The van der Waals surface area contributed by atoms with E-state index in [1.54, 1.807) is 7.11 Å². The van der Waals surface area contributed by atoms with E-state index in [0.717, 1.165) is 25.0 Å². The van der Waals surface area contributed by atoms with Crippen molar-refractivity contribution in [1.82, 2.24) is 5.32 Å². The number of aryl methyl sites for hydroxylation is 1. The summed E-state index contributed by atoms with van der Waals surface area (Å²) < 4.78 is 5.21. The van der Waals surface area contributed by atoms with Gasteiger partial charge in [-0.25, -0.2) is 0 Å². The lowest BCUT2D eigenvalue weighted by Gasteiger charge is -2.32. The van der Waals surface area contributed by atoms with Gasteiger partial charge < -0.3 is 10.1 Å². The van der Waals surface area contributed by atoms with Crippen molar-refractivity contribution < 1.29 is 4.74 Å². The van der Waals surface area contributed by atoms with Crippen molar-refractivity contribution in [3.05, 3.63) is 29.3 Å². The second-order valence-electron chi connectivity index (χ2n) is 4.26. The van der Waals surface area contributed by atoms with Gasteiger partial charge in [-0.15, -0.1) is 0 Å². The van der Waals surface area contributed by atoms with Crippen LogP contribution < -0.4 is 10.1 Å². The number of benzene rings is 1. The molecule has 0 bridgehead atoms. The van der Waals surface area contributed by atoms with Crippen molar-refractivity contribution in [3.63, 3.8) is 0 Å². The van der Waals surface area contributed by atoms with Crippen LogP contribution in [0.2, 0.25) is 0 Å². The van der Waals surface area contributed by atoms with Crippen molar-refractivity contribution in [2.75, 3.05) is 14.2 Å². The Morgan fingerprint density at radius 2 is 2.25 bits per heavy atom. The topological polar surface area (TPSA) is 45.0 Å². The number of fused-ring (bicyclic) bond motifs is 1. The lowest BCUT2D eigenvalue weighted by molar-refractivity contribution is 0.388. The first kappa shape index (κ1) is 11.0. The second kappa shape index (κ2) is 4.15. The molecule has 1 atom stereocenters. The normalized spacial score (nSPS) is 23.3. The predicted octanol–water partition coefficient (Wildman–Crippen LogP) is 1.67. The van der Waals surface area contributed by atoms with E-state index < -0.39 is 5.54 Å². The quantitative estimate of drug-likeness (QED) is 0.817. The van der Waals surface area contributed by atoms with Crippen LogP contribution in [0.15, 0.2) is 18.2 Å². The van der Waals surface area contributed by atoms with E-state index in [4.69, 9.17) is 4.74 Å². The minimum Gasteiger partial charge on any atom is -0.497 e. The Morgan fingerprint density at radius 3 is 2.88 bits per heavy atom. The molecule has 1 unspecified atom stereocenters. The first-order valence-electron chi connectivity index (χ1n) is 5.49. The summed E-state index contributed by atoms with van der Waals surface area (Å²) in [6.07, 6.45) is 2.58.